The number of methoxy groups -OCH3 is 2. The van der Waals surface area contributed by atoms with E-state index in [0.29, 0.717) is 33.4 Å². The van der Waals surface area contributed by atoms with Crippen LogP contribution in [0.5, 0.6) is 11.5 Å². The largest absolute Gasteiger partial charge is 0.493 e. The number of rotatable bonds is 2. The summed E-state index contributed by atoms with van der Waals surface area (Å²) in [4.78, 5) is 12.6. The normalized spacial score (nSPS) is 10.9. The van der Waals surface area contributed by atoms with Gasteiger partial charge in [-0.3, -0.25) is 4.79 Å². The summed E-state index contributed by atoms with van der Waals surface area (Å²) in [6.07, 6.45) is 0. The van der Waals surface area contributed by atoms with Crippen LogP contribution in [0.15, 0.2) is 39.5 Å². The third-order valence-electron chi connectivity index (χ3n) is 3.39. The lowest BCUT2D eigenvalue weighted by atomic mass is 10.1. The average molecular weight is 270 g/mol. The molecule has 0 aliphatic carbocycles. The van der Waals surface area contributed by atoms with E-state index in [9.17, 15) is 4.79 Å². The van der Waals surface area contributed by atoms with Crippen LogP contribution >= 0.6 is 0 Å². The van der Waals surface area contributed by atoms with Gasteiger partial charge in [-0.2, -0.15) is 0 Å². The average Bonchev–Trinajstić information content (AvgIpc) is 2.46. The molecule has 0 N–H and O–H groups in total. The molecular weight excluding hydrogens is 256 g/mol. The summed E-state index contributed by atoms with van der Waals surface area (Å²) in [5, 5.41) is 1.09. The van der Waals surface area contributed by atoms with Crippen LogP contribution in [0, 0.1) is 6.92 Å². The number of hydrogen-bond donors (Lipinski definition) is 0. The molecule has 0 bridgehead atoms. The highest BCUT2D eigenvalue weighted by Gasteiger charge is 2.18. The molecule has 3 rings (SSSR count). The highest BCUT2D eigenvalue weighted by molar-refractivity contribution is 5.95. The summed E-state index contributed by atoms with van der Waals surface area (Å²) >= 11 is 0. The van der Waals surface area contributed by atoms with E-state index in [1.165, 1.54) is 7.11 Å². The summed E-state index contributed by atoms with van der Waals surface area (Å²) in [6.45, 7) is 1.86. The van der Waals surface area contributed by atoms with Gasteiger partial charge in [-0.05, 0) is 30.7 Å². The molecule has 3 aromatic rings. The maximum atomic E-state index is 12.6. The monoisotopic (exact) mass is 270 g/mol. The number of aryl methyl sites for hydroxylation is 1. The van der Waals surface area contributed by atoms with Gasteiger partial charge in [0.25, 0.3) is 0 Å². The van der Waals surface area contributed by atoms with Gasteiger partial charge in [0.2, 0.25) is 11.2 Å². The first-order valence-electron chi connectivity index (χ1n) is 6.24. The van der Waals surface area contributed by atoms with Gasteiger partial charge in [0, 0.05) is 0 Å². The van der Waals surface area contributed by atoms with Gasteiger partial charge in [0.15, 0.2) is 11.3 Å². The molecule has 0 aliphatic heterocycles. The molecule has 0 saturated carbocycles. The number of hydrogen-bond acceptors (Lipinski definition) is 4. The zero-order valence-corrected chi connectivity index (χ0v) is 11.5. The maximum Gasteiger partial charge on any atom is 0.204 e. The van der Waals surface area contributed by atoms with Gasteiger partial charge >= 0.3 is 0 Å². The minimum atomic E-state index is -0.0553. The smallest absolute Gasteiger partial charge is 0.204 e. The highest BCUT2D eigenvalue weighted by atomic mass is 16.5. The Hall–Kier alpha value is -2.49. The van der Waals surface area contributed by atoms with E-state index in [4.69, 9.17) is 13.9 Å². The van der Waals surface area contributed by atoms with Crippen molar-refractivity contribution >= 4 is 21.9 Å². The van der Waals surface area contributed by atoms with Crippen molar-refractivity contribution < 1.29 is 13.9 Å². The van der Waals surface area contributed by atoms with Crippen LogP contribution in [0.1, 0.15) is 5.56 Å². The van der Waals surface area contributed by atoms with Crippen molar-refractivity contribution in [2.24, 2.45) is 0 Å². The summed E-state index contributed by atoms with van der Waals surface area (Å²) in [5.41, 5.74) is 1.71. The second-order valence-corrected chi connectivity index (χ2v) is 4.56. The predicted molar refractivity (Wildman–Crippen MR) is 77.8 cm³/mol. The quantitative estimate of drug-likeness (QED) is 0.670. The predicted octanol–water partition coefficient (Wildman–Crippen LogP) is 3.27. The number of benzene rings is 2. The third kappa shape index (κ3) is 1.65. The summed E-state index contributed by atoms with van der Waals surface area (Å²) < 4.78 is 16.5. The van der Waals surface area contributed by atoms with Crippen LogP contribution in [0.3, 0.4) is 0 Å². The lowest BCUT2D eigenvalue weighted by molar-refractivity contribution is 0.353. The molecule has 1 heterocycles. The molecule has 0 fully saturated rings. The Balaban J connectivity index is 2.60. The molecule has 0 saturated heterocycles. The molecule has 102 valence electrons. The standard InChI is InChI=1S/C16H14O4/c1-9-8-12(18-2)15(19-3)16-13(9)14(17)10-6-4-5-7-11(10)20-16/h4-8H,1-3H3. The fourth-order valence-corrected chi connectivity index (χ4v) is 2.45. The number of fused-ring (bicyclic) bond motifs is 2. The first-order valence-corrected chi connectivity index (χ1v) is 6.24. The molecule has 1 aromatic heterocycles. The van der Waals surface area contributed by atoms with Crippen molar-refractivity contribution in [3.05, 3.63) is 46.1 Å². The fraction of sp³-hybridized carbons (Fsp3) is 0.188. The zero-order chi connectivity index (χ0) is 14.3. The molecule has 4 heteroatoms. The molecule has 0 radical (unpaired) electrons. The molecule has 0 aliphatic rings. The van der Waals surface area contributed by atoms with Crippen molar-refractivity contribution in [2.75, 3.05) is 14.2 Å². The number of ether oxygens (including phenoxy) is 2. The summed E-state index contributed by atoms with van der Waals surface area (Å²) in [5.74, 6) is 0.992. The summed E-state index contributed by atoms with van der Waals surface area (Å²) in [7, 11) is 3.09. The van der Waals surface area contributed by atoms with E-state index in [1.807, 2.05) is 19.1 Å². The van der Waals surface area contributed by atoms with Crippen molar-refractivity contribution in [3.8, 4) is 11.5 Å². The molecule has 2 aromatic carbocycles. The Morgan fingerprint density at radius 2 is 1.85 bits per heavy atom. The van der Waals surface area contributed by atoms with Gasteiger partial charge in [-0.15, -0.1) is 0 Å². The Morgan fingerprint density at radius 1 is 1.10 bits per heavy atom. The lowest BCUT2D eigenvalue weighted by Gasteiger charge is -2.12. The van der Waals surface area contributed by atoms with Gasteiger partial charge in [-0.25, -0.2) is 0 Å². The molecule has 0 atom stereocenters. The second kappa shape index (κ2) is 4.56. The van der Waals surface area contributed by atoms with Crippen LogP contribution < -0.4 is 14.9 Å². The van der Waals surface area contributed by atoms with E-state index in [1.54, 1.807) is 25.3 Å². The van der Waals surface area contributed by atoms with Crippen molar-refractivity contribution in [1.82, 2.24) is 0 Å². The fourth-order valence-electron chi connectivity index (χ4n) is 2.45. The lowest BCUT2D eigenvalue weighted by Crippen LogP contribution is -2.05. The molecule has 0 amide bonds. The minimum absolute atomic E-state index is 0.0553. The summed E-state index contributed by atoms with van der Waals surface area (Å²) in [6, 6.07) is 8.96. The van der Waals surface area contributed by atoms with Crippen LogP contribution in [-0.4, -0.2) is 14.2 Å². The Kier molecular flexibility index (Phi) is 2.86. The molecule has 0 spiro atoms. The number of para-hydroxylation sites is 1. The van der Waals surface area contributed by atoms with Gasteiger partial charge in [-0.1, -0.05) is 12.1 Å². The van der Waals surface area contributed by atoms with E-state index in [-0.39, 0.29) is 5.43 Å². The van der Waals surface area contributed by atoms with Crippen LogP contribution in [0.2, 0.25) is 0 Å². The molecule has 4 nitrogen and oxygen atoms in total. The zero-order valence-electron chi connectivity index (χ0n) is 11.5. The SMILES string of the molecule is COc1cc(C)c2c(=O)c3ccccc3oc2c1OC. The van der Waals surface area contributed by atoms with Gasteiger partial charge < -0.3 is 13.9 Å². The van der Waals surface area contributed by atoms with E-state index in [2.05, 4.69) is 0 Å². The van der Waals surface area contributed by atoms with Crippen LogP contribution in [0.4, 0.5) is 0 Å². The van der Waals surface area contributed by atoms with Crippen molar-refractivity contribution in [2.45, 2.75) is 6.92 Å². The topological polar surface area (TPSA) is 48.7 Å². The second-order valence-electron chi connectivity index (χ2n) is 4.56. The van der Waals surface area contributed by atoms with E-state index >= 15 is 0 Å². The molecule has 0 unspecified atom stereocenters. The first-order chi connectivity index (χ1) is 9.67. The Bertz CT molecular complexity index is 862. The van der Waals surface area contributed by atoms with Crippen LogP contribution in [-0.2, 0) is 0 Å². The minimum Gasteiger partial charge on any atom is -0.493 e. The van der Waals surface area contributed by atoms with Crippen molar-refractivity contribution in [1.29, 1.82) is 0 Å². The van der Waals surface area contributed by atoms with Crippen molar-refractivity contribution in [3.63, 3.8) is 0 Å². The molecular formula is C16H14O4. The maximum absolute atomic E-state index is 12.6. The Morgan fingerprint density at radius 3 is 2.55 bits per heavy atom. The van der Waals surface area contributed by atoms with E-state index < -0.39 is 0 Å². The van der Waals surface area contributed by atoms with E-state index in [0.717, 1.165) is 5.56 Å². The van der Waals surface area contributed by atoms with Gasteiger partial charge in [0.05, 0.1) is 25.0 Å². The molecule has 20 heavy (non-hydrogen) atoms. The van der Waals surface area contributed by atoms with Crippen LogP contribution in [0.25, 0.3) is 21.9 Å². The van der Waals surface area contributed by atoms with Gasteiger partial charge in [0.1, 0.15) is 5.58 Å². The highest BCUT2D eigenvalue weighted by Crippen LogP contribution is 2.37. The first kappa shape index (κ1) is 12.5. The Labute approximate surface area is 115 Å². The third-order valence-corrected chi connectivity index (χ3v) is 3.39.